The molecular weight excluding hydrogens is 246 g/mol. The van der Waals surface area contributed by atoms with Crippen molar-refractivity contribution in [1.82, 2.24) is 0 Å². The van der Waals surface area contributed by atoms with E-state index in [1.54, 1.807) is 0 Å². The van der Waals surface area contributed by atoms with Crippen LogP contribution in [-0.2, 0) is 16.1 Å². The second-order valence-electron chi connectivity index (χ2n) is 3.05. The van der Waals surface area contributed by atoms with Gasteiger partial charge in [0.2, 0.25) is 6.54 Å². The molecule has 0 bridgehead atoms. The van der Waals surface area contributed by atoms with Crippen molar-refractivity contribution in [1.29, 1.82) is 0 Å². The zero-order chi connectivity index (χ0) is 9.84. The first-order chi connectivity index (χ1) is 6.13. The second kappa shape index (κ2) is 5.75. The van der Waals surface area contributed by atoms with Crippen LogP contribution in [0.4, 0.5) is 0 Å². The average molecular weight is 260 g/mol. The molecule has 3 nitrogen and oxygen atoms in total. The van der Waals surface area contributed by atoms with E-state index in [0.717, 1.165) is 5.69 Å². The second-order valence-corrected chi connectivity index (χ2v) is 3.05. The van der Waals surface area contributed by atoms with Crippen molar-refractivity contribution in [3.8, 4) is 0 Å². The highest BCUT2D eigenvalue weighted by Gasteiger charge is 2.11. The first-order valence-corrected chi connectivity index (χ1v) is 4.17. The lowest BCUT2D eigenvalue weighted by Gasteiger charge is -1.99. The van der Waals surface area contributed by atoms with E-state index in [0.29, 0.717) is 0 Å². The molecule has 78 valence electrons. The maximum absolute atomic E-state index is 11.0. The van der Waals surface area contributed by atoms with Gasteiger partial charge >= 0.3 is 5.97 Å². The van der Waals surface area contributed by atoms with Crippen molar-refractivity contribution in [2.24, 2.45) is 0 Å². The highest BCUT2D eigenvalue weighted by molar-refractivity contribution is 5.67. The summed E-state index contributed by atoms with van der Waals surface area (Å²) in [5.41, 5.74) is 2.25. The number of hydrogen-bond donors (Lipinski definition) is 0. The summed E-state index contributed by atoms with van der Waals surface area (Å²) in [5, 5.41) is 0. The highest BCUT2D eigenvalue weighted by atomic mass is 79.9. The van der Waals surface area contributed by atoms with Gasteiger partial charge in [0.25, 0.3) is 0 Å². The Hall–Kier alpha value is -0.900. The number of halogens is 1. The molecule has 0 saturated heterocycles. The molecule has 14 heavy (non-hydrogen) atoms. The van der Waals surface area contributed by atoms with Gasteiger partial charge in [-0.3, -0.25) is 0 Å². The molecular formula is C10H14BrNO2. The fraction of sp³-hybridized carbons (Fsp3) is 0.400. The smallest absolute Gasteiger partial charge is 0.372 e. The van der Waals surface area contributed by atoms with Gasteiger partial charge in [-0.25, -0.2) is 4.79 Å². The minimum absolute atomic E-state index is 0. The SMILES string of the molecule is COC(=O)C[n+]1ccc(C)cc1C.[Br-]. The van der Waals surface area contributed by atoms with Crippen LogP contribution in [0.15, 0.2) is 18.3 Å². The van der Waals surface area contributed by atoms with E-state index in [-0.39, 0.29) is 29.5 Å². The molecule has 1 rings (SSSR count). The van der Waals surface area contributed by atoms with Gasteiger partial charge < -0.3 is 21.7 Å². The number of pyridine rings is 1. The largest absolute Gasteiger partial charge is 1.00 e. The summed E-state index contributed by atoms with van der Waals surface area (Å²) in [4.78, 5) is 11.0. The summed E-state index contributed by atoms with van der Waals surface area (Å²) in [7, 11) is 1.40. The predicted molar refractivity (Wildman–Crippen MR) is 48.1 cm³/mol. The zero-order valence-corrected chi connectivity index (χ0v) is 10.2. The van der Waals surface area contributed by atoms with Crippen LogP contribution in [-0.4, -0.2) is 13.1 Å². The normalized spacial score (nSPS) is 9.07. The van der Waals surface area contributed by atoms with E-state index in [2.05, 4.69) is 4.74 Å². The first kappa shape index (κ1) is 13.1. The van der Waals surface area contributed by atoms with Crippen molar-refractivity contribution in [3.63, 3.8) is 0 Å². The predicted octanol–water partition coefficient (Wildman–Crippen LogP) is -2.23. The Balaban J connectivity index is 0.00000169. The van der Waals surface area contributed by atoms with Crippen LogP contribution < -0.4 is 21.5 Å². The first-order valence-electron chi connectivity index (χ1n) is 4.17. The van der Waals surface area contributed by atoms with E-state index < -0.39 is 0 Å². The molecule has 1 aromatic rings. The number of ether oxygens (including phenoxy) is 1. The van der Waals surface area contributed by atoms with Gasteiger partial charge in [0, 0.05) is 19.1 Å². The van der Waals surface area contributed by atoms with Crippen LogP contribution in [0.3, 0.4) is 0 Å². The van der Waals surface area contributed by atoms with Gasteiger partial charge in [0.1, 0.15) is 0 Å². The molecule has 0 fully saturated rings. The molecule has 0 saturated carbocycles. The molecule has 0 amide bonds. The zero-order valence-electron chi connectivity index (χ0n) is 8.58. The Morgan fingerprint density at radius 3 is 2.64 bits per heavy atom. The maximum Gasteiger partial charge on any atom is 0.372 e. The Morgan fingerprint density at radius 1 is 1.50 bits per heavy atom. The molecule has 4 heteroatoms. The Bertz CT molecular complexity index is 326. The van der Waals surface area contributed by atoms with Crippen LogP contribution in [0.1, 0.15) is 11.3 Å². The minimum Gasteiger partial charge on any atom is -1.00 e. The quantitative estimate of drug-likeness (QED) is 0.445. The van der Waals surface area contributed by atoms with Gasteiger partial charge in [0.05, 0.1) is 7.11 Å². The summed E-state index contributed by atoms with van der Waals surface area (Å²) in [6.45, 7) is 4.27. The highest BCUT2D eigenvalue weighted by Crippen LogP contribution is 1.96. The van der Waals surface area contributed by atoms with E-state index in [4.69, 9.17) is 0 Å². The van der Waals surface area contributed by atoms with Gasteiger partial charge in [-0.15, -0.1) is 0 Å². The summed E-state index contributed by atoms with van der Waals surface area (Å²) in [6, 6.07) is 4.00. The third kappa shape index (κ3) is 3.46. The Labute approximate surface area is 94.5 Å². The Morgan fingerprint density at radius 2 is 2.14 bits per heavy atom. The van der Waals surface area contributed by atoms with Crippen LogP contribution >= 0.6 is 0 Å². The third-order valence-corrected chi connectivity index (χ3v) is 1.93. The summed E-state index contributed by atoms with van der Waals surface area (Å²) < 4.78 is 6.44. The van der Waals surface area contributed by atoms with Gasteiger partial charge in [-0.2, -0.15) is 4.57 Å². The number of hydrogen-bond acceptors (Lipinski definition) is 2. The number of aromatic nitrogens is 1. The van der Waals surface area contributed by atoms with Crippen molar-refractivity contribution in [2.45, 2.75) is 20.4 Å². The Kier molecular flexibility index (Phi) is 5.38. The van der Waals surface area contributed by atoms with Gasteiger partial charge in [-0.05, 0) is 12.5 Å². The summed E-state index contributed by atoms with van der Waals surface area (Å²) >= 11 is 0. The van der Waals surface area contributed by atoms with E-state index in [1.165, 1.54) is 12.7 Å². The summed E-state index contributed by atoms with van der Waals surface area (Å²) in [5.74, 6) is -0.225. The molecule has 0 atom stereocenters. The molecule has 0 aliphatic heterocycles. The molecule has 0 radical (unpaired) electrons. The number of methoxy groups -OCH3 is 1. The van der Waals surface area contributed by atoms with Crippen LogP contribution in [0.5, 0.6) is 0 Å². The number of rotatable bonds is 2. The molecule has 0 aromatic carbocycles. The number of esters is 1. The monoisotopic (exact) mass is 259 g/mol. The van der Waals surface area contributed by atoms with Crippen LogP contribution in [0.2, 0.25) is 0 Å². The number of nitrogens with zero attached hydrogens (tertiary/aromatic N) is 1. The third-order valence-electron chi connectivity index (χ3n) is 1.93. The lowest BCUT2D eigenvalue weighted by Crippen LogP contribution is -3.00. The van der Waals surface area contributed by atoms with E-state index in [9.17, 15) is 4.79 Å². The van der Waals surface area contributed by atoms with Crippen molar-refractivity contribution < 1.29 is 31.1 Å². The fourth-order valence-corrected chi connectivity index (χ4v) is 1.17. The molecule has 0 unspecified atom stereocenters. The minimum atomic E-state index is -0.225. The maximum atomic E-state index is 11.0. The van der Waals surface area contributed by atoms with Crippen molar-refractivity contribution >= 4 is 5.97 Å². The topological polar surface area (TPSA) is 30.2 Å². The average Bonchev–Trinajstić information content (AvgIpc) is 2.09. The van der Waals surface area contributed by atoms with E-state index in [1.807, 2.05) is 36.7 Å². The molecule has 1 heterocycles. The van der Waals surface area contributed by atoms with Crippen LogP contribution in [0.25, 0.3) is 0 Å². The lowest BCUT2D eigenvalue weighted by molar-refractivity contribution is -0.691. The number of carbonyl (C=O) groups is 1. The molecule has 1 aromatic heterocycles. The van der Waals surface area contributed by atoms with Gasteiger partial charge in [0.15, 0.2) is 11.9 Å². The standard InChI is InChI=1S/C10H14NO2.BrH/c1-8-4-5-11(9(2)6-8)7-10(12)13-3;/h4-6H,7H2,1-3H3;1H/q+1;/p-1. The van der Waals surface area contributed by atoms with Crippen LogP contribution in [0, 0.1) is 13.8 Å². The fourth-order valence-electron chi connectivity index (χ4n) is 1.17. The molecule has 0 aliphatic carbocycles. The lowest BCUT2D eigenvalue weighted by atomic mass is 10.2. The van der Waals surface area contributed by atoms with Crippen molar-refractivity contribution in [3.05, 3.63) is 29.6 Å². The van der Waals surface area contributed by atoms with E-state index >= 15 is 0 Å². The molecule has 0 spiro atoms. The van der Waals surface area contributed by atoms with Crippen molar-refractivity contribution in [2.75, 3.05) is 7.11 Å². The summed E-state index contributed by atoms with van der Waals surface area (Å²) in [6.07, 6.45) is 1.89. The molecule has 0 N–H and O–H groups in total. The number of carbonyl (C=O) groups excluding carboxylic acids is 1. The molecule has 0 aliphatic rings. The number of aryl methyl sites for hydroxylation is 2. The van der Waals surface area contributed by atoms with Gasteiger partial charge in [-0.1, -0.05) is 0 Å².